The highest BCUT2D eigenvalue weighted by atomic mass is 32.2. The number of amides is 1. The van der Waals surface area contributed by atoms with Crippen LogP contribution in [0.1, 0.15) is 17.2 Å². The molecule has 1 unspecified atom stereocenters. The van der Waals surface area contributed by atoms with Gasteiger partial charge in [-0.15, -0.1) is 0 Å². The van der Waals surface area contributed by atoms with Crippen LogP contribution in [0.3, 0.4) is 0 Å². The van der Waals surface area contributed by atoms with Gasteiger partial charge in [0, 0.05) is 13.1 Å². The van der Waals surface area contributed by atoms with Gasteiger partial charge in [0.2, 0.25) is 15.9 Å². The van der Waals surface area contributed by atoms with Crippen LogP contribution in [0.15, 0.2) is 35.2 Å². The molecule has 1 saturated heterocycles. The Bertz CT molecular complexity index is 1120. The Labute approximate surface area is 172 Å². The maximum Gasteiger partial charge on any atom is 0.246 e. The molecule has 10 heteroatoms. The molecule has 2 aliphatic heterocycles. The first-order chi connectivity index (χ1) is 14.3. The largest absolute Gasteiger partial charge is 0.493 e. The minimum Gasteiger partial charge on any atom is -0.493 e. The van der Waals surface area contributed by atoms with Gasteiger partial charge in [-0.25, -0.2) is 17.2 Å². The van der Waals surface area contributed by atoms with Crippen molar-refractivity contribution in [3.8, 4) is 11.5 Å². The van der Waals surface area contributed by atoms with Crippen LogP contribution in [0.5, 0.6) is 11.5 Å². The zero-order chi connectivity index (χ0) is 21.6. The molecule has 1 atom stereocenters. The first-order valence-electron chi connectivity index (χ1n) is 9.25. The van der Waals surface area contributed by atoms with E-state index in [-0.39, 0.29) is 6.54 Å². The highest BCUT2D eigenvalue weighted by molar-refractivity contribution is 7.89. The number of sulfonamides is 1. The fourth-order valence-corrected chi connectivity index (χ4v) is 5.49. The summed E-state index contributed by atoms with van der Waals surface area (Å²) in [6.07, 6.45) is 0.587. The Morgan fingerprint density at radius 3 is 2.47 bits per heavy atom. The highest BCUT2D eigenvalue weighted by Crippen LogP contribution is 2.40. The lowest BCUT2D eigenvalue weighted by molar-refractivity contribution is -0.138. The topological polar surface area (TPSA) is 76.1 Å². The number of hydrogen-bond donors (Lipinski definition) is 0. The average Bonchev–Trinajstić information content (AvgIpc) is 2.73. The van der Waals surface area contributed by atoms with Crippen molar-refractivity contribution >= 4 is 15.9 Å². The molecule has 0 N–H and O–H groups in total. The molecule has 0 aliphatic carbocycles. The smallest absolute Gasteiger partial charge is 0.246 e. The van der Waals surface area contributed by atoms with Gasteiger partial charge < -0.3 is 14.4 Å². The van der Waals surface area contributed by atoms with Gasteiger partial charge in [0.15, 0.2) is 11.5 Å². The first-order valence-corrected chi connectivity index (χ1v) is 10.7. The molecule has 2 aromatic carbocycles. The van der Waals surface area contributed by atoms with E-state index in [1.54, 1.807) is 11.0 Å². The van der Waals surface area contributed by atoms with Gasteiger partial charge in [-0.1, -0.05) is 0 Å². The molecular weight excluding hydrogens is 418 g/mol. The minimum absolute atomic E-state index is 0.0769. The summed E-state index contributed by atoms with van der Waals surface area (Å²) in [4.78, 5) is 13.6. The number of halogens is 2. The number of hydrogen-bond acceptors (Lipinski definition) is 5. The number of ether oxygens (including phenoxy) is 2. The lowest BCUT2D eigenvalue weighted by atomic mass is 9.90. The van der Waals surface area contributed by atoms with Crippen molar-refractivity contribution in [3.63, 3.8) is 0 Å². The molecule has 160 valence electrons. The monoisotopic (exact) mass is 438 g/mol. The number of nitrogens with zero attached hydrogens (tertiary/aromatic N) is 2. The van der Waals surface area contributed by atoms with Crippen LogP contribution in [0.2, 0.25) is 0 Å². The highest BCUT2D eigenvalue weighted by Gasteiger charge is 2.42. The average molecular weight is 438 g/mol. The summed E-state index contributed by atoms with van der Waals surface area (Å²) in [6, 6.07) is 5.21. The van der Waals surface area contributed by atoms with Gasteiger partial charge in [-0.05, 0) is 47.9 Å². The lowest BCUT2D eigenvalue weighted by Crippen LogP contribution is -2.55. The standard InChI is InChI=1S/C20H20F2N2O5S/c1-28-17-7-12-5-6-24-16(14(12)9-18(17)29-2)10-23(11-20(24)25)30(26,27)19-8-13(21)3-4-15(19)22/h3-4,7-9,16H,5-6,10-11H2,1-2H3. The van der Waals surface area contributed by atoms with Crippen molar-refractivity contribution in [2.45, 2.75) is 17.4 Å². The van der Waals surface area contributed by atoms with Crippen LogP contribution < -0.4 is 9.47 Å². The SMILES string of the molecule is COc1cc2c(cc1OC)C1CN(S(=O)(=O)c3cc(F)ccc3F)CC(=O)N1CC2. The molecule has 0 aromatic heterocycles. The predicted molar refractivity (Wildman–Crippen MR) is 103 cm³/mol. The van der Waals surface area contributed by atoms with Crippen molar-refractivity contribution in [1.82, 2.24) is 9.21 Å². The second-order valence-electron chi connectivity index (χ2n) is 7.13. The molecule has 7 nitrogen and oxygen atoms in total. The minimum atomic E-state index is -4.41. The third kappa shape index (κ3) is 3.29. The van der Waals surface area contributed by atoms with Crippen LogP contribution >= 0.6 is 0 Å². The number of benzene rings is 2. The summed E-state index contributed by atoms with van der Waals surface area (Å²) in [6.45, 7) is -0.0852. The van der Waals surface area contributed by atoms with Crippen LogP contribution in [0.25, 0.3) is 0 Å². The third-order valence-electron chi connectivity index (χ3n) is 5.52. The van der Waals surface area contributed by atoms with E-state index in [0.717, 1.165) is 27.6 Å². The number of rotatable bonds is 4. The van der Waals surface area contributed by atoms with Gasteiger partial charge >= 0.3 is 0 Å². The van der Waals surface area contributed by atoms with Crippen LogP contribution in [-0.2, 0) is 21.2 Å². The molecular formula is C20H20F2N2O5S. The maximum absolute atomic E-state index is 14.2. The molecule has 0 radical (unpaired) electrons. The summed E-state index contributed by atoms with van der Waals surface area (Å²) in [5, 5.41) is 0. The summed E-state index contributed by atoms with van der Waals surface area (Å²) in [7, 11) is -1.41. The summed E-state index contributed by atoms with van der Waals surface area (Å²) in [5.41, 5.74) is 1.66. The number of piperazine rings is 1. The second-order valence-corrected chi connectivity index (χ2v) is 9.04. The maximum atomic E-state index is 14.2. The van der Waals surface area contributed by atoms with Gasteiger partial charge in [0.1, 0.15) is 16.5 Å². The van der Waals surface area contributed by atoms with E-state index in [0.29, 0.717) is 30.5 Å². The molecule has 4 rings (SSSR count). The predicted octanol–water partition coefficient (Wildman–Crippen LogP) is 2.11. The van der Waals surface area contributed by atoms with Crippen molar-refractivity contribution in [1.29, 1.82) is 0 Å². The van der Waals surface area contributed by atoms with Crippen LogP contribution in [0.4, 0.5) is 8.78 Å². The molecule has 0 bridgehead atoms. The quantitative estimate of drug-likeness (QED) is 0.731. The fraction of sp³-hybridized carbons (Fsp3) is 0.350. The van der Waals surface area contributed by atoms with Crippen molar-refractivity contribution in [2.75, 3.05) is 33.9 Å². The van der Waals surface area contributed by atoms with Crippen molar-refractivity contribution < 1.29 is 31.5 Å². The molecule has 1 amide bonds. The molecule has 1 fully saturated rings. The van der Waals surface area contributed by atoms with Crippen LogP contribution in [0, 0.1) is 11.6 Å². The Morgan fingerprint density at radius 1 is 1.07 bits per heavy atom. The first kappa shape index (κ1) is 20.5. The zero-order valence-electron chi connectivity index (χ0n) is 16.4. The van der Waals surface area contributed by atoms with E-state index in [2.05, 4.69) is 0 Å². The van der Waals surface area contributed by atoms with Crippen LogP contribution in [-0.4, -0.2) is 57.4 Å². The van der Waals surface area contributed by atoms with E-state index in [4.69, 9.17) is 9.47 Å². The van der Waals surface area contributed by atoms with Crippen molar-refractivity contribution in [2.24, 2.45) is 0 Å². The number of carbonyl (C=O) groups is 1. The molecule has 30 heavy (non-hydrogen) atoms. The molecule has 0 spiro atoms. The van der Waals surface area contributed by atoms with Gasteiger partial charge in [0.25, 0.3) is 0 Å². The molecule has 2 aliphatic rings. The molecule has 2 aromatic rings. The third-order valence-corrected chi connectivity index (χ3v) is 7.35. The van der Waals surface area contributed by atoms with E-state index in [1.165, 1.54) is 14.2 Å². The number of fused-ring (bicyclic) bond motifs is 3. The molecule has 0 saturated carbocycles. The second kappa shape index (κ2) is 7.51. The summed E-state index contributed by atoms with van der Waals surface area (Å²) in [5.74, 6) is -1.34. The van der Waals surface area contributed by atoms with Gasteiger partial charge in [0.05, 0.1) is 26.8 Å². The fourth-order valence-electron chi connectivity index (χ4n) is 4.02. The normalized spacial score (nSPS) is 19.3. The lowest BCUT2D eigenvalue weighted by Gasteiger charge is -2.44. The van der Waals surface area contributed by atoms with Gasteiger partial charge in [-0.2, -0.15) is 4.31 Å². The Balaban J connectivity index is 1.75. The van der Waals surface area contributed by atoms with E-state index >= 15 is 0 Å². The number of carbonyl (C=O) groups excluding carboxylic acids is 1. The van der Waals surface area contributed by atoms with E-state index < -0.39 is 45.0 Å². The Hall–Kier alpha value is -2.72. The zero-order valence-corrected chi connectivity index (χ0v) is 17.2. The van der Waals surface area contributed by atoms with E-state index in [9.17, 15) is 22.0 Å². The summed E-state index contributed by atoms with van der Waals surface area (Å²) >= 11 is 0. The van der Waals surface area contributed by atoms with E-state index in [1.807, 2.05) is 6.07 Å². The molecule has 2 heterocycles. The van der Waals surface area contributed by atoms with Crippen molar-refractivity contribution in [3.05, 3.63) is 53.1 Å². The van der Waals surface area contributed by atoms with Gasteiger partial charge in [-0.3, -0.25) is 4.79 Å². The Kier molecular flexibility index (Phi) is 5.15. The Morgan fingerprint density at radius 2 is 1.77 bits per heavy atom. The summed E-state index contributed by atoms with van der Waals surface area (Å²) < 4.78 is 65.4. The number of methoxy groups -OCH3 is 2.